The molecule has 21 heavy (non-hydrogen) atoms. The van der Waals surface area contributed by atoms with Crippen molar-refractivity contribution in [1.29, 1.82) is 0 Å². The van der Waals surface area contributed by atoms with E-state index in [1.54, 1.807) is 6.08 Å². The summed E-state index contributed by atoms with van der Waals surface area (Å²) in [6.07, 6.45) is 1.58. The molecule has 112 valence electrons. The molecule has 0 bridgehead atoms. The van der Waals surface area contributed by atoms with Gasteiger partial charge in [-0.3, -0.25) is 4.90 Å². The van der Waals surface area contributed by atoms with Crippen LogP contribution in [-0.2, 0) is 14.6 Å². The van der Waals surface area contributed by atoms with Crippen molar-refractivity contribution < 1.29 is 23.1 Å². The third kappa shape index (κ3) is 2.59. The van der Waals surface area contributed by atoms with Gasteiger partial charge in [0, 0.05) is 19.6 Å². The Kier molecular flexibility index (Phi) is 3.56. The van der Waals surface area contributed by atoms with Gasteiger partial charge in [0.1, 0.15) is 0 Å². The number of carboxylic acids is 1. The largest absolute Gasteiger partial charge is 0.478 e. The van der Waals surface area contributed by atoms with E-state index in [-0.39, 0.29) is 10.5 Å². The molecule has 0 saturated carbocycles. The minimum Gasteiger partial charge on any atom is -0.478 e. The quantitative estimate of drug-likeness (QED) is 0.891. The molecule has 1 N–H and O–H groups in total. The van der Waals surface area contributed by atoms with Crippen LogP contribution in [0.2, 0.25) is 0 Å². The number of carboxylic acid groups (broad SMARTS) is 1. The molecule has 0 aliphatic carbocycles. The number of rotatable bonds is 3. The van der Waals surface area contributed by atoms with Gasteiger partial charge in [-0.25, -0.2) is 13.2 Å². The Morgan fingerprint density at radius 2 is 2.00 bits per heavy atom. The van der Waals surface area contributed by atoms with E-state index < -0.39 is 15.8 Å². The molecule has 1 saturated heterocycles. The SMILES string of the molecule is O=C(O)c1ccc2c(c1)C=C(CN1CCOCC1)S2(=O)=O. The fourth-order valence-electron chi connectivity index (χ4n) is 2.54. The summed E-state index contributed by atoms with van der Waals surface area (Å²) in [4.78, 5) is 13.5. The average molecular weight is 309 g/mol. The lowest BCUT2D eigenvalue weighted by Gasteiger charge is -2.26. The maximum absolute atomic E-state index is 12.5. The second-order valence-electron chi connectivity index (χ2n) is 5.06. The minimum atomic E-state index is -3.50. The highest BCUT2D eigenvalue weighted by Crippen LogP contribution is 2.33. The van der Waals surface area contributed by atoms with Crippen LogP contribution in [0.15, 0.2) is 28.0 Å². The smallest absolute Gasteiger partial charge is 0.335 e. The van der Waals surface area contributed by atoms with Crippen LogP contribution in [0.5, 0.6) is 0 Å². The molecule has 0 unspecified atom stereocenters. The Balaban J connectivity index is 1.91. The van der Waals surface area contributed by atoms with Crippen LogP contribution in [-0.4, -0.2) is 57.2 Å². The Bertz CT molecular complexity index is 717. The molecule has 1 aromatic carbocycles. The molecule has 7 heteroatoms. The molecule has 6 nitrogen and oxygen atoms in total. The normalized spacial score (nSPS) is 20.9. The number of aromatic carboxylic acids is 1. The highest BCUT2D eigenvalue weighted by molar-refractivity contribution is 7.95. The van der Waals surface area contributed by atoms with Crippen LogP contribution in [0.3, 0.4) is 0 Å². The molecule has 0 amide bonds. The van der Waals surface area contributed by atoms with Crippen molar-refractivity contribution in [3.8, 4) is 0 Å². The number of nitrogens with zero attached hydrogens (tertiary/aromatic N) is 1. The van der Waals surface area contributed by atoms with Gasteiger partial charge in [-0.1, -0.05) is 0 Å². The number of benzene rings is 1. The zero-order valence-corrected chi connectivity index (χ0v) is 12.1. The number of hydrogen-bond acceptors (Lipinski definition) is 5. The van der Waals surface area contributed by atoms with E-state index in [1.165, 1.54) is 18.2 Å². The summed E-state index contributed by atoms with van der Waals surface area (Å²) < 4.78 is 30.2. The second-order valence-corrected chi connectivity index (χ2v) is 7.03. The van der Waals surface area contributed by atoms with Crippen molar-refractivity contribution in [3.05, 3.63) is 34.2 Å². The van der Waals surface area contributed by atoms with Crippen LogP contribution in [0, 0.1) is 0 Å². The summed E-state index contributed by atoms with van der Waals surface area (Å²) in [5, 5.41) is 8.98. The summed E-state index contributed by atoms with van der Waals surface area (Å²) >= 11 is 0. The predicted octanol–water partition coefficient (Wildman–Crippen LogP) is 0.845. The van der Waals surface area contributed by atoms with E-state index >= 15 is 0 Å². The Morgan fingerprint density at radius 1 is 1.29 bits per heavy atom. The summed E-state index contributed by atoms with van der Waals surface area (Å²) in [7, 11) is -3.50. The van der Waals surface area contributed by atoms with Gasteiger partial charge in [0.25, 0.3) is 0 Å². The van der Waals surface area contributed by atoms with Gasteiger partial charge in [0.15, 0.2) is 0 Å². The Morgan fingerprint density at radius 3 is 2.67 bits per heavy atom. The van der Waals surface area contributed by atoms with E-state index in [4.69, 9.17) is 9.84 Å². The van der Waals surface area contributed by atoms with E-state index in [0.29, 0.717) is 43.3 Å². The first-order valence-corrected chi connectivity index (χ1v) is 8.10. The first kappa shape index (κ1) is 14.2. The number of carbonyl (C=O) groups is 1. The maximum atomic E-state index is 12.5. The van der Waals surface area contributed by atoms with E-state index in [9.17, 15) is 13.2 Å². The number of morpholine rings is 1. The molecule has 1 aromatic rings. The van der Waals surface area contributed by atoms with Crippen molar-refractivity contribution >= 4 is 21.9 Å². The molecule has 0 aromatic heterocycles. The third-order valence-electron chi connectivity index (χ3n) is 3.69. The van der Waals surface area contributed by atoms with Crippen LogP contribution in [0.4, 0.5) is 0 Å². The van der Waals surface area contributed by atoms with Crippen molar-refractivity contribution in [2.24, 2.45) is 0 Å². The number of ether oxygens (including phenoxy) is 1. The maximum Gasteiger partial charge on any atom is 0.335 e. The van der Waals surface area contributed by atoms with Gasteiger partial charge in [-0.15, -0.1) is 0 Å². The van der Waals surface area contributed by atoms with Gasteiger partial charge in [-0.2, -0.15) is 0 Å². The number of fused-ring (bicyclic) bond motifs is 1. The first-order valence-electron chi connectivity index (χ1n) is 6.61. The highest BCUT2D eigenvalue weighted by Gasteiger charge is 2.31. The highest BCUT2D eigenvalue weighted by atomic mass is 32.2. The van der Waals surface area contributed by atoms with Crippen molar-refractivity contribution in [1.82, 2.24) is 4.90 Å². The molecule has 0 radical (unpaired) electrons. The zero-order chi connectivity index (χ0) is 15.0. The lowest BCUT2D eigenvalue weighted by Crippen LogP contribution is -2.38. The van der Waals surface area contributed by atoms with Gasteiger partial charge >= 0.3 is 5.97 Å². The van der Waals surface area contributed by atoms with Crippen LogP contribution >= 0.6 is 0 Å². The molecule has 1 fully saturated rings. The van der Waals surface area contributed by atoms with Crippen LogP contribution < -0.4 is 0 Å². The van der Waals surface area contributed by atoms with Crippen LogP contribution in [0.25, 0.3) is 6.08 Å². The fraction of sp³-hybridized carbons (Fsp3) is 0.357. The van der Waals surface area contributed by atoms with Gasteiger partial charge in [0.05, 0.1) is 28.6 Å². The lowest BCUT2D eigenvalue weighted by atomic mass is 10.1. The van der Waals surface area contributed by atoms with Crippen molar-refractivity contribution in [2.75, 3.05) is 32.8 Å². The summed E-state index contributed by atoms with van der Waals surface area (Å²) in [5.41, 5.74) is 0.547. The molecule has 0 spiro atoms. The lowest BCUT2D eigenvalue weighted by molar-refractivity contribution is 0.0430. The first-order chi connectivity index (χ1) is 9.98. The van der Waals surface area contributed by atoms with E-state index in [0.717, 1.165) is 0 Å². The monoisotopic (exact) mass is 309 g/mol. The molecule has 3 rings (SSSR count). The standard InChI is InChI=1S/C14H15NO5S/c16-14(17)10-1-2-13-11(7-10)8-12(21(13,18)19)9-15-3-5-20-6-4-15/h1-2,7-8H,3-6,9H2,(H,16,17). The molecular weight excluding hydrogens is 294 g/mol. The predicted molar refractivity (Wildman–Crippen MR) is 75.8 cm³/mol. The zero-order valence-electron chi connectivity index (χ0n) is 11.3. The average Bonchev–Trinajstić information content (AvgIpc) is 2.71. The second kappa shape index (κ2) is 5.25. The van der Waals surface area contributed by atoms with Crippen molar-refractivity contribution in [3.63, 3.8) is 0 Å². The summed E-state index contributed by atoms with van der Waals surface area (Å²) in [6, 6.07) is 4.10. The van der Waals surface area contributed by atoms with Gasteiger partial charge in [0.2, 0.25) is 9.84 Å². The third-order valence-corrected chi connectivity index (χ3v) is 5.58. The van der Waals surface area contributed by atoms with Gasteiger partial charge in [-0.05, 0) is 29.8 Å². The van der Waals surface area contributed by atoms with Crippen molar-refractivity contribution in [2.45, 2.75) is 4.90 Å². The van der Waals surface area contributed by atoms with E-state index in [2.05, 4.69) is 0 Å². The molecule has 2 aliphatic rings. The molecule has 0 atom stereocenters. The minimum absolute atomic E-state index is 0.0906. The summed E-state index contributed by atoms with van der Waals surface area (Å²) in [5.74, 6) is -1.06. The molecular formula is C14H15NO5S. The Labute approximate surface area is 122 Å². The van der Waals surface area contributed by atoms with Crippen LogP contribution in [0.1, 0.15) is 15.9 Å². The Hall–Kier alpha value is -1.70. The number of sulfone groups is 1. The summed E-state index contributed by atoms with van der Waals surface area (Å²) in [6.45, 7) is 2.93. The molecule has 2 aliphatic heterocycles. The topological polar surface area (TPSA) is 83.9 Å². The fourth-order valence-corrected chi connectivity index (χ4v) is 4.13. The van der Waals surface area contributed by atoms with Gasteiger partial charge < -0.3 is 9.84 Å². The number of hydrogen-bond donors (Lipinski definition) is 1. The van der Waals surface area contributed by atoms with E-state index in [1.807, 2.05) is 4.90 Å². The molecule has 2 heterocycles.